The van der Waals surface area contributed by atoms with Crippen molar-refractivity contribution in [1.29, 1.82) is 0 Å². The Labute approximate surface area is 138 Å². The van der Waals surface area contributed by atoms with Crippen LogP contribution in [0.2, 0.25) is 10.0 Å². The second-order valence-electron chi connectivity index (χ2n) is 6.14. The van der Waals surface area contributed by atoms with Gasteiger partial charge in [-0.1, -0.05) is 48.7 Å². The summed E-state index contributed by atoms with van der Waals surface area (Å²) in [6, 6.07) is 6.55. The van der Waals surface area contributed by atoms with E-state index in [1.165, 1.54) is 32.1 Å². The molecule has 0 spiro atoms. The molecule has 21 heavy (non-hydrogen) atoms. The molecule has 118 valence electrons. The van der Waals surface area contributed by atoms with Crippen molar-refractivity contribution in [2.24, 2.45) is 11.7 Å². The number of likely N-dealkylation sites (N-methyl/N-ethyl adjacent to an activating group) is 1. The number of rotatable bonds is 5. The zero-order valence-corrected chi connectivity index (χ0v) is 14.5. The summed E-state index contributed by atoms with van der Waals surface area (Å²) in [5.74, 6) is 0.903. The van der Waals surface area contributed by atoms with Crippen LogP contribution in [-0.2, 0) is 0 Å². The molecule has 4 heteroatoms. The van der Waals surface area contributed by atoms with Crippen molar-refractivity contribution >= 4 is 23.2 Å². The lowest BCUT2D eigenvalue weighted by Gasteiger charge is -2.39. The maximum atomic E-state index is 6.38. The molecule has 0 bridgehead atoms. The molecule has 0 saturated heterocycles. The second-order valence-corrected chi connectivity index (χ2v) is 6.93. The van der Waals surface area contributed by atoms with Crippen LogP contribution in [-0.4, -0.2) is 24.5 Å². The van der Waals surface area contributed by atoms with Crippen LogP contribution >= 0.6 is 23.2 Å². The summed E-state index contributed by atoms with van der Waals surface area (Å²) < 4.78 is 0. The zero-order valence-electron chi connectivity index (χ0n) is 13.0. The lowest BCUT2D eigenvalue weighted by molar-refractivity contribution is 0.122. The molecule has 1 fully saturated rings. The minimum Gasteiger partial charge on any atom is -0.329 e. The third-order valence-corrected chi connectivity index (χ3v) is 5.86. The van der Waals surface area contributed by atoms with Crippen LogP contribution in [0.15, 0.2) is 18.2 Å². The maximum absolute atomic E-state index is 6.38. The Morgan fingerprint density at radius 3 is 2.48 bits per heavy atom. The molecule has 0 aromatic heterocycles. The van der Waals surface area contributed by atoms with Gasteiger partial charge in [-0.05, 0) is 50.3 Å². The number of nitrogens with zero attached hydrogens (tertiary/aromatic N) is 1. The molecule has 1 atom stereocenters. The number of hydrogen-bond acceptors (Lipinski definition) is 2. The molecular weight excluding hydrogens is 303 g/mol. The fraction of sp³-hybridized carbons (Fsp3) is 0.647. The lowest BCUT2D eigenvalue weighted by atomic mass is 9.83. The van der Waals surface area contributed by atoms with Gasteiger partial charge in [0.15, 0.2) is 0 Å². The van der Waals surface area contributed by atoms with Gasteiger partial charge in [-0.15, -0.1) is 0 Å². The minimum absolute atomic E-state index is 0.138. The van der Waals surface area contributed by atoms with Crippen LogP contribution in [0.25, 0.3) is 0 Å². The van der Waals surface area contributed by atoms with Gasteiger partial charge in [0.05, 0.1) is 10.0 Å². The molecule has 0 heterocycles. The largest absolute Gasteiger partial charge is 0.329 e. The highest BCUT2D eigenvalue weighted by Crippen LogP contribution is 2.36. The summed E-state index contributed by atoms with van der Waals surface area (Å²) in [4.78, 5) is 2.41. The molecule has 0 radical (unpaired) electrons. The van der Waals surface area contributed by atoms with Crippen LogP contribution in [0.1, 0.15) is 50.6 Å². The van der Waals surface area contributed by atoms with E-state index in [0.717, 1.165) is 11.5 Å². The van der Waals surface area contributed by atoms with Crippen LogP contribution in [0.4, 0.5) is 0 Å². The Bertz CT molecular complexity index is 456. The van der Waals surface area contributed by atoms with Crippen molar-refractivity contribution < 1.29 is 0 Å². The van der Waals surface area contributed by atoms with Gasteiger partial charge < -0.3 is 5.73 Å². The molecule has 1 unspecified atom stereocenters. The number of halogens is 2. The summed E-state index contributed by atoms with van der Waals surface area (Å²) in [6.07, 6.45) is 6.46. The van der Waals surface area contributed by atoms with Crippen molar-refractivity contribution in [1.82, 2.24) is 4.90 Å². The first-order valence-corrected chi connectivity index (χ1v) is 8.70. The van der Waals surface area contributed by atoms with Crippen LogP contribution < -0.4 is 5.73 Å². The fourth-order valence-corrected chi connectivity index (χ4v) is 3.94. The summed E-state index contributed by atoms with van der Waals surface area (Å²) in [6.45, 7) is 2.85. The monoisotopic (exact) mass is 328 g/mol. The second kappa shape index (κ2) is 7.82. The molecule has 2 nitrogen and oxygen atoms in total. The van der Waals surface area contributed by atoms with Crippen LogP contribution in [0.3, 0.4) is 0 Å². The highest BCUT2D eigenvalue weighted by Gasteiger charge is 2.28. The van der Waals surface area contributed by atoms with Gasteiger partial charge in [-0.2, -0.15) is 0 Å². The van der Waals surface area contributed by atoms with Crippen molar-refractivity contribution in [2.75, 3.05) is 13.6 Å². The first-order valence-electron chi connectivity index (χ1n) is 7.94. The van der Waals surface area contributed by atoms with E-state index in [1.807, 2.05) is 18.2 Å². The molecule has 2 rings (SSSR count). The van der Waals surface area contributed by atoms with Crippen molar-refractivity contribution in [3.63, 3.8) is 0 Å². The normalized spacial score (nSPS) is 24.3. The fourth-order valence-electron chi connectivity index (χ4n) is 3.51. The topological polar surface area (TPSA) is 29.3 Å². The first-order chi connectivity index (χ1) is 10.1. The van der Waals surface area contributed by atoms with Crippen LogP contribution in [0, 0.1) is 5.92 Å². The summed E-state index contributed by atoms with van der Waals surface area (Å²) in [5.41, 5.74) is 7.09. The molecule has 2 N–H and O–H groups in total. The van der Waals surface area contributed by atoms with Gasteiger partial charge in [0.1, 0.15) is 0 Å². The van der Waals surface area contributed by atoms with E-state index in [1.54, 1.807) is 0 Å². The quantitative estimate of drug-likeness (QED) is 0.833. The van der Waals surface area contributed by atoms with E-state index < -0.39 is 0 Å². The van der Waals surface area contributed by atoms with E-state index in [0.29, 0.717) is 22.6 Å². The van der Waals surface area contributed by atoms with Crippen molar-refractivity contribution in [3.05, 3.63) is 33.8 Å². The average Bonchev–Trinajstić information content (AvgIpc) is 2.52. The van der Waals surface area contributed by atoms with Crippen molar-refractivity contribution in [2.45, 2.75) is 51.1 Å². The highest BCUT2D eigenvalue weighted by atomic mass is 35.5. The summed E-state index contributed by atoms with van der Waals surface area (Å²) >= 11 is 12.5. The molecule has 0 aliphatic heterocycles. The number of hydrogen-bond donors (Lipinski definition) is 1. The lowest BCUT2D eigenvalue weighted by Crippen LogP contribution is -2.40. The Hall–Kier alpha value is -0.280. The predicted octanol–water partition coefficient (Wildman–Crippen LogP) is 4.89. The Kier molecular flexibility index (Phi) is 6.36. The first kappa shape index (κ1) is 17.1. The molecular formula is C17H26Cl2N2. The summed E-state index contributed by atoms with van der Waals surface area (Å²) in [5, 5.41) is 1.25. The van der Waals surface area contributed by atoms with Crippen LogP contribution in [0.5, 0.6) is 0 Å². The minimum atomic E-state index is 0.138. The smallest absolute Gasteiger partial charge is 0.0640 e. The standard InChI is InChI=1S/C17H26Cl2N2/c1-3-12-7-9-13(10-8-12)21(2)16(11-20)14-5-4-6-15(18)17(14)19/h4-6,12-13,16H,3,7-11,20H2,1-2H3. The Morgan fingerprint density at radius 1 is 1.24 bits per heavy atom. The van der Waals surface area contributed by atoms with Gasteiger partial charge >= 0.3 is 0 Å². The zero-order chi connectivity index (χ0) is 15.4. The Balaban J connectivity index is 2.12. The number of nitrogens with two attached hydrogens (primary N) is 1. The van der Waals surface area contributed by atoms with E-state index in [-0.39, 0.29) is 6.04 Å². The van der Waals surface area contributed by atoms with E-state index in [2.05, 4.69) is 18.9 Å². The third kappa shape index (κ3) is 3.92. The molecule has 0 amide bonds. The average molecular weight is 329 g/mol. The SMILES string of the molecule is CCC1CCC(N(C)C(CN)c2cccc(Cl)c2Cl)CC1. The molecule has 1 aromatic carbocycles. The molecule has 1 aliphatic rings. The summed E-state index contributed by atoms with van der Waals surface area (Å²) in [7, 11) is 2.17. The third-order valence-electron chi connectivity index (χ3n) is 5.02. The highest BCUT2D eigenvalue weighted by molar-refractivity contribution is 6.42. The molecule has 1 saturated carbocycles. The van der Waals surface area contributed by atoms with Gasteiger partial charge in [-0.25, -0.2) is 0 Å². The Morgan fingerprint density at radius 2 is 1.90 bits per heavy atom. The van der Waals surface area contributed by atoms with Gasteiger partial charge in [0.25, 0.3) is 0 Å². The van der Waals surface area contributed by atoms with E-state index in [4.69, 9.17) is 28.9 Å². The van der Waals surface area contributed by atoms with Gasteiger partial charge in [-0.3, -0.25) is 4.90 Å². The predicted molar refractivity (Wildman–Crippen MR) is 92.1 cm³/mol. The molecule has 1 aliphatic carbocycles. The van der Waals surface area contributed by atoms with E-state index in [9.17, 15) is 0 Å². The maximum Gasteiger partial charge on any atom is 0.0640 e. The van der Waals surface area contributed by atoms with Gasteiger partial charge in [0.2, 0.25) is 0 Å². The van der Waals surface area contributed by atoms with Crippen molar-refractivity contribution in [3.8, 4) is 0 Å². The molecule has 1 aromatic rings. The number of benzene rings is 1. The van der Waals surface area contributed by atoms with E-state index >= 15 is 0 Å². The van der Waals surface area contributed by atoms with Gasteiger partial charge in [0, 0.05) is 18.6 Å².